The molecule has 0 spiro atoms. The van der Waals surface area contributed by atoms with Gasteiger partial charge >= 0.3 is 0 Å². The summed E-state index contributed by atoms with van der Waals surface area (Å²) >= 11 is 0. The number of hydrogen-bond donors (Lipinski definition) is 1. The zero-order chi connectivity index (χ0) is 16.3. The first-order chi connectivity index (χ1) is 11.3. The molecule has 0 atom stereocenters. The van der Waals surface area contributed by atoms with Crippen LogP contribution in [0.25, 0.3) is 0 Å². The molecule has 2 rings (SSSR count). The number of nitrogens with zero attached hydrogens (tertiary/aromatic N) is 1. The lowest BCUT2D eigenvalue weighted by Gasteiger charge is -2.13. The molecule has 0 fully saturated rings. The zero-order valence-electron chi connectivity index (χ0n) is 13.7. The van der Waals surface area contributed by atoms with Gasteiger partial charge in [-0.2, -0.15) is 0 Å². The molecule has 5 heteroatoms. The SMILES string of the molecule is CCOCCNCc1cc(OC)ccc1OCc1ccccn1. The van der Waals surface area contributed by atoms with Crippen molar-refractivity contribution in [1.82, 2.24) is 10.3 Å². The Morgan fingerprint density at radius 3 is 2.83 bits per heavy atom. The van der Waals surface area contributed by atoms with Crippen LogP contribution < -0.4 is 14.8 Å². The van der Waals surface area contributed by atoms with Crippen molar-refractivity contribution in [3.8, 4) is 11.5 Å². The van der Waals surface area contributed by atoms with Crippen LogP contribution in [0, 0.1) is 0 Å². The molecule has 0 aliphatic rings. The number of aromatic nitrogens is 1. The largest absolute Gasteiger partial charge is 0.497 e. The van der Waals surface area contributed by atoms with E-state index >= 15 is 0 Å². The Morgan fingerprint density at radius 2 is 2.09 bits per heavy atom. The fraction of sp³-hybridized carbons (Fsp3) is 0.389. The highest BCUT2D eigenvalue weighted by Crippen LogP contribution is 2.24. The van der Waals surface area contributed by atoms with E-state index in [4.69, 9.17) is 14.2 Å². The number of pyridine rings is 1. The molecule has 0 aliphatic carbocycles. The molecule has 0 saturated heterocycles. The third kappa shape index (κ3) is 5.88. The molecule has 1 heterocycles. The summed E-state index contributed by atoms with van der Waals surface area (Å²) in [6, 6.07) is 11.6. The van der Waals surface area contributed by atoms with Crippen molar-refractivity contribution in [2.45, 2.75) is 20.1 Å². The topological polar surface area (TPSA) is 52.6 Å². The number of rotatable bonds is 10. The van der Waals surface area contributed by atoms with Crippen molar-refractivity contribution < 1.29 is 14.2 Å². The normalized spacial score (nSPS) is 10.5. The Balaban J connectivity index is 1.96. The predicted molar refractivity (Wildman–Crippen MR) is 89.8 cm³/mol. The zero-order valence-corrected chi connectivity index (χ0v) is 13.7. The van der Waals surface area contributed by atoms with E-state index in [1.54, 1.807) is 13.3 Å². The quantitative estimate of drug-likeness (QED) is 0.683. The van der Waals surface area contributed by atoms with Crippen molar-refractivity contribution in [2.24, 2.45) is 0 Å². The summed E-state index contributed by atoms with van der Waals surface area (Å²) in [6.07, 6.45) is 1.77. The summed E-state index contributed by atoms with van der Waals surface area (Å²) < 4.78 is 16.5. The molecule has 124 valence electrons. The summed E-state index contributed by atoms with van der Waals surface area (Å²) in [4.78, 5) is 4.27. The Morgan fingerprint density at radius 1 is 1.17 bits per heavy atom. The van der Waals surface area contributed by atoms with Crippen LogP contribution in [0.4, 0.5) is 0 Å². The van der Waals surface area contributed by atoms with Crippen LogP contribution in [0.5, 0.6) is 11.5 Å². The van der Waals surface area contributed by atoms with E-state index in [1.165, 1.54) is 0 Å². The van der Waals surface area contributed by atoms with Crippen LogP contribution in [0.15, 0.2) is 42.6 Å². The van der Waals surface area contributed by atoms with Crippen LogP contribution >= 0.6 is 0 Å². The van der Waals surface area contributed by atoms with Gasteiger partial charge in [-0.25, -0.2) is 0 Å². The van der Waals surface area contributed by atoms with Crippen molar-refractivity contribution in [1.29, 1.82) is 0 Å². The number of benzene rings is 1. The maximum absolute atomic E-state index is 5.91. The predicted octanol–water partition coefficient (Wildman–Crippen LogP) is 2.80. The second-order valence-corrected chi connectivity index (χ2v) is 4.96. The second-order valence-electron chi connectivity index (χ2n) is 4.96. The molecular weight excluding hydrogens is 292 g/mol. The first-order valence-corrected chi connectivity index (χ1v) is 7.81. The van der Waals surface area contributed by atoms with E-state index in [9.17, 15) is 0 Å². The molecule has 0 saturated carbocycles. The number of hydrogen-bond acceptors (Lipinski definition) is 5. The maximum Gasteiger partial charge on any atom is 0.130 e. The Labute approximate surface area is 137 Å². The fourth-order valence-electron chi connectivity index (χ4n) is 2.11. The van der Waals surface area contributed by atoms with Crippen LogP contribution in [0.3, 0.4) is 0 Å². The Bertz CT molecular complexity index is 576. The Kier molecular flexibility index (Phi) is 7.36. The monoisotopic (exact) mass is 316 g/mol. The Hall–Kier alpha value is -2.11. The maximum atomic E-state index is 5.91. The lowest BCUT2D eigenvalue weighted by atomic mass is 10.2. The van der Waals surface area contributed by atoms with Crippen LogP contribution in [-0.2, 0) is 17.9 Å². The minimum atomic E-state index is 0.444. The van der Waals surface area contributed by atoms with Gasteiger partial charge in [0, 0.05) is 31.5 Å². The van der Waals surface area contributed by atoms with Gasteiger partial charge in [-0.1, -0.05) is 6.07 Å². The summed E-state index contributed by atoms with van der Waals surface area (Å²) in [5.41, 5.74) is 1.95. The van der Waals surface area contributed by atoms with Gasteiger partial charge in [-0.05, 0) is 37.3 Å². The lowest BCUT2D eigenvalue weighted by Crippen LogP contribution is -2.19. The molecule has 0 aliphatic heterocycles. The van der Waals surface area contributed by atoms with Gasteiger partial charge in [-0.15, -0.1) is 0 Å². The van der Waals surface area contributed by atoms with Gasteiger partial charge in [0.2, 0.25) is 0 Å². The van der Waals surface area contributed by atoms with E-state index in [2.05, 4.69) is 10.3 Å². The van der Waals surface area contributed by atoms with Gasteiger partial charge in [0.1, 0.15) is 18.1 Å². The fourth-order valence-corrected chi connectivity index (χ4v) is 2.11. The highest BCUT2D eigenvalue weighted by atomic mass is 16.5. The van der Waals surface area contributed by atoms with Gasteiger partial charge in [0.05, 0.1) is 19.4 Å². The molecule has 5 nitrogen and oxygen atoms in total. The molecule has 0 unspecified atom stereocenters. The molecule has 1 N–H and O–H groups in total. The first-order valence-electron chi connectivity index (χ1n) is 7.81. The van der Waals surface area contributed by atoms with Crippen molar-refractivity contribution in [2.75, 3.05) is 26.9 Å². The van der Waals surface area contributed by atoms with E-state index in [1.807, 2.05) is 43.3 Å². The highest BCUT2D eigenvalue weighted by Gasteiger charge is 2.06. The molecule has 2 aromatic rings. The van der Waals surface area contributed by atoms with Gasteiger partial charge in [0.15, 0.2) is 0 Å². The second kappa shape index (κ2) is 9.82. The van der Waals surface area contributed by atoms with Crippen molar-refractivity contribution in [3.63, 3.8) is 0 Å². The van der Waals surface area contributed by atoms with E-state index in [0.29, 0.717) is 19.8 Å². The number of ether oxygens (including phenoxy) is 3. The summed E-state index contributed by atoms with van der Waals surface area (Å²) in [7, 11) is 1.66. The minimum absolute atomic E-state index is 0.444. The van der Waals surface area contributed by atoms with E-state index < -0.39 is 0 Å². The first kappa shape index (κ1) is 17.2. The molecule has 23 heavy (non-hydrogen) atoms. The summed E-state index contributed by atoms with van der Waals surface area (Å²) in [5.74, 6) is 1.65. The van der Waals surface area contributed by atoms with E-state index in [0.717, 1.165) is 35.9 Å². The summed E-state index contributed by atoms with van der Waals surface area (Å²) in [6.45, 7) is 5.36. The van der Waals surface area contributed by atoms with Gasteiger partial charge in [0.25, 0.3) is 0 Å². The lowest BCUT2D eigenvalue weighted by molar-refractivity contribution is 0.149. The van der Waals surface area contributed by atoms with Gasteiger partial charge < -0.3 is 19.5 Å². The average molecular weight is 316 g/mol. The van der Waals surface area contributed by atoms with Crippen LogP contribution in [0.2, 0.25) is 0 Å². The van der Waals surface area contributed by atoms with E-state index in [-0.39, 0.29) is 0 Å². The summed E-state index contributed by atoms with van der Waals surface area (Å²) in [5, 5.41) is 3.35. The van der Waals surface area contributed by atoms with Crippen LogP contribution in [0.1, 0.15) is 18.2 Å². The third-order valence-electron chi connectivity index (χ3n) is 3.31. The number of methoxy groups -OCH3 is 1. The molecule has 0 radical (unpaired) electrons. The molecule has 0 amide bonds. The molecule has 0 bridgehead atoms. The minimum Gasteiger partial charge on any atom is -0.497 e. The molecule has 1 aromatic heterocycles. The molecule has 1 aromatic carbocycles. The van der Waals surface area contributed by atoms with Crippen molar-refractivity contribution >= 4 is 0 Å². The number of nitrogens with one attached hydrogen (secondary N) is 1. The van der Waals surface area contributed by atoms with Crippen molar-refractivity contribution in [3.05, 3.63) is 53.9 Å². The van der Waals surface area contributed by atoms with Gasteiger partial charge in [-0.3, -0.25) is 4.98 Å². The van der Waals surface area contributed by atoms with Crippen LogP contribution in [-0.4, -0.2) is 31.9 Å². The highest BCUT2D eigenvalue weighted by molar-refractivity contribution is 5.40. The standard InChI is InChI=1S/C18H24N2O3/c1-3-22-11-10-19-13-15-12-17(21-2)7-8-18(15)23-14-16-6-4-5-9-20-16/h4-9,12,19H,3,10-11,13-14H2,1-2H3. The smallest absolute Gasteiger partial charge is 0.130 e. The average Bonchev–Trinajstić information content (AvgIpc) is 2.61. The molecular formula is C18H24N2O3. The third-order valence-corrected chi connectivity index (χ3v) is 3.31.